The topological polar surface area (TPSA) is 32.3 Å². The molecule has 1 saturated heterocycles. The Morgan fingerprint density at radius 1 is 0.818 bits per heavy atom. The predicted octanol–water partition coefficient (Wildman–Crippen LogP) is 5.52. The fourth-order valence-electron chi connectivity index (χ4n) is 5.36. The van der Waals surface area contributed by atoms with Crippen LogP contribution < -0.4 is 5.32 Å². The van der Waals surface area contributed by atoms with Crippen molar-refractivity contribution >= 4 is 5.91 Å². The van der Waals surface area contributed by atoms with Crippen LogP contribution in [0.25, 0.3) is 0 Å². The molecule has 2 aliphatic rings. The lowest BCUT2D eigenvalue weighted by atomic mass is 9.88. The van der Waals surface area contributed by atoms with Gasteiger partial charge in [0.25, 0.3) is 0 Å². The van der Waals surface area contributed by atoms with Crippen molar-refractivity contribution in [2.24, 2.45) is 0 Å². The number of hydrogen-bond acceptors (Lipinski definition) is 2. The summed E-state index contributed by atoms with van der Waals surface area (Å²) in [5, 5.41) is 3.39. The van der Waals surface area contributed by atoms with Gasteiger partial charge in [-0.1, -0.05) is 91.0 Å². The smallest absolute Gasteiger partial charge is 0.230 e. The van der Waals surface area contributed by atoms with Gasteiger partial charge >= 0.3 is 0 Å². The highest BCUT2D eigenvalue weighted by atomic mass is 16.2. The first-order chi connectivity index (χ1) is 16.2. The largest absolute Gasteiger partial charge is 0.353 e. The number of nitrogens with one attached hydrogen (secondary N) is 1. The van der Waals surface area contributed by atoms with E-state index in [1.165, 1.54) is 16.7 Å². The van der Waals surface area contributed by atoms with E-state index >= 15 is 0 Å². The monoisotopic (exact) mass is 438 g/mol. The summed E-state index contributed by atoms with van der Waals surface area (Å²) in [7, 11) is 0. The van der Waals surface area contributed by atoms with E-state index in [1.807, 2.05) is 18.2 Å². The van der Waals surface area contributed by atoms with Crippen molar-refractivity contribution in [3.05, 3.63) is 108 Å². The molecule has 0 atom stereocenters. The van der Waals surface area contributed by atoms with E-state index in [9.17, 15) is 4.79 Å². The molecule has 3 aromatic carbocycles. The molecule has 1 aliphatic heterocycles. The summed E-state index contributed by atoms with van der Waals surface area (Å²) >= 11 is 0. The highest BCUT2D eigenvalue weighted by molar-refractivity contribution is 5.91. The van der Waals surface area contributed by atoms with Crippen LogP contribution in [0.15, 0.2) is 91.0 Å². The average Bonchev–Trinajstić information content (AvgIpc) is 3.69. The Morgan fingerprint density at radius 2 is 1.33 bits per heavy atom. The highest BCUT2D eigenvalue weighted by Gasteiger charge is 2.51. The van der Waals surface area contributed by atoms with Crippen LogP contribution in [0.1, 0.15) is 54.7 Å². The Kier molecular flexibility index (Phi) is 6.59. The number of benzene rings is 3. The number of carbonyl (C=O) groups is 1. The van der Waals surface area contributed by atoms with E-state index < -0.39 is 0 Å². The summed E-state index contributed by atoms with van der Waals surface area (Å²) in [4.78, 5) is 15.7. The molecule has 1 saturated carbocycles. The molecule has 170 valence electrons. The van der Waals surface area contributed by atoms with E-state index in [2.05, 4.69) is 83.0 Å². The molecule has 0 spiro atoms. The third-order valence-electron chi connectivity index (χ3n) is 7.57. The molecule has 0 unspecified atom stereocenters. The molecule has 0 bridgehead atoms. The van der Waals surface area contributed by atoms with Gasteiger partial charge in [-0.3, -0.25) is 4.79 Å². The SMILES string of the molecule is O=C(NC1CCN(CCC(c2ccccc2)c2ccccc2)CC1)C1(c2ccccc2)CC1. The molecular weight excluding hydrogens is 404 g/mol. The molecule has 1 amide bonds. The summed E-state index contributed by atoms with van der Waals surface area (Å²) in [5.74, 6) is 0.658. The minimum absolute atomic E-state index is 0.236. The second-order valence-electron chi connectivity index (χ2n) is 9.70. The molecule has 0 aromatic heterocycles. The maximum atomic E-state index is 13.1. The molecule has 3 aromatic rings. The number of rotatable bonds is 8. The Hall–Kier alpha value is -2.91. The average molecular weight is 439 g/mol. The lowest BCUT2D eigenvalue weighted by Crippen LogP contribution is -2.47. The van der Waals surface area contributed by atoms with Gasteiger partial charge in [-0.2, -0.15) is 0 Å². The van der Waals surface area contributed by atoms with Gasteiger partial charge in [-0.25, -0.2) is 0 Å². The molecule has 1 heterocycles. The molecular formula is C30H34N2O. The van der Waals surface area contributed by atoms with Crippen LogP contribution in [0.3, 0.4) is 0 Å². The van der Waals surface area contributed by atoms with Gasteiger partial charge in [0.05, 0.1) is 5.41 Å². The highest BCUT2D eigenvalue weighted by Crippen LogP contribution is 2.48. The number of piperidine rings is 1. The van der Waals surface area contributed by atoms with Gasteiger partial charge in [0, 0.05) is 25.0 Å². The van der Waals surface area contributed by atoms with Gasteiger partial charge in [0.2, 0.25) is 5.91 Å². The first-order valence-electron chi connectivity index (χ1n) is 12.4. The van der Waals surface area contributed by atoms with Crippen LogP contribution in [-0.4, -0.2) is 36.5 Å². The molecule has 1 aliphatic carbocycles. The molecule has 5 rings (SSSR count). The summed E-state index contributed by atoms with van der Waals surface area (Å²) in [6.07, 6.45) is 5.14. The summed E-state index contributed by atoms with van der Waals surface area (Å²) in [6.45, 7) is 3.20. The number of hydrogen-bond donors (Lipinski definition) is 1. The normalized spacial score (nSPS) is 18.2. The van der Waals surface area contributed by atoms with Gasteiger partial charge in [-0.05, 0) is 55.3 Å². The quantitative estimate of drug-likeness (QED) is 0.502. The standard InChI is InChI=1S/C30H34N2O/c33-29(30(19-20-30)26-14-8-3-9-15-26)31-27-16-21-32(22-17-27)23-18-28(24-10-4-1-5-11-24)25-12-6-2-7-13-25/h1-15,27-28H,16-23H2,(H,31,33). The maximum Gasteiger partial charge on any atom is 0.230 e. The zero-order valence-electron chi connectivity index (χ0n) is 19.3. The van der Waals surface area contributed by atoms with Crippen molar-refractivity contribution in [1.82, 2.24) is 10.2 Å². The van der Waals surface area contributed by atoms with E-state index in [4.69, 9.17) is 0 Å². The van der Waals surface area contributed by atoms with Crippen LogP contribution in [0.5, 0.6) is 0 Å². The van der Waals surface area contributed by atoms with Gasteiger partial charge in [-0.15, -0.1) is 0 Å². The molecule has 0 radical (unpaired) electrons. The van der Waals surface area contributed by atoms with Crippen molar-refractivity contribution in [1.29, 1.82) is 0 Å². The van der Waals surface area contributed by atoms with E-state index in [-0.39, 0.29) is 11.3 Å². The lowest BCUT2D eigenvalue weighted by molar-refractivity contribution is -0.124. The van der Waals surface area contributed by atoms with Crippen molar-refractivity contribution < 1.29 is 4.79 Å². The van der Waals surface area contributed by atoms with Crippen molar-refractivity contribution in [3.8, 4) is 0 Å². The Balaban J connectivity index is 1.14. The molecule has 33 heavy (non-hydrogen) atoms. The van der Waals surface area contributed by atoms with Crippen LogP contribution in [0, 0.1) is 0 Å². The van der Waals surface area contributed by atoms with Gasteiger partial charge < -0.3 is 10.2 Å². The number of nitrogens with zero attached hydrogens (tertiary/aromatic N) is 1. The van der Waals surface area contributed by atoms with Gasteiger partial charge in [0.15, 0.2) is 0 Å². The third kappa shape index (κ3) is 5.04. The Morgan fingerprint density at radius 3 is 1.85 bits per heavy atom. The summed E-state index contributed by atoms with van der Waals surface area (Å²) in [6, 6.07) is 32.4. The van der Waals surface area contributed by atoms with Crippen molar-refractivity contribution in [3.63, 3.8) is 0 Å². The van der Waals surface area contributed by atoms with Crippen molar-refractivity contribution in [2.75, 3.05) is 19.6 Å². The van der Waals surface area contributed by atoms with Crippen LogP contribution in [0.4, 0.5) is 0 Å². The zero-order chi connectivity index (χ0) is 22.5. The van der Waals surface area contributed by atoms with Crippen LogP contribution in [-0.2, 0) is 10.2 Å². The van der Waals surface area contributed by atoms with E-state index in [1.54, 1.807) is 0 Å². The second-order valence-corrected chi connectivity index (χ2v) is 9.70. The van der Waals surface area contributed by atoms with Crippen LogP contribution >= 0.6 is 0 Å². The first-order valence-corrected chi connectivity index (χ1v) is 12.4. The molecule has 1 N–H and O–H groups in total. The Labute approximate surface area is 197 Å². The minimum Gasteiger partial charge on any atom is -0.353 e. The fourth-order valence-corrected chi connectivity index (χ4v) is 5.36. The third-order valence-corrected chi connectivity index (χ3v) is 7.57. The molecule has 3 nitrogen and oxygen atoms in total. The Bertz CT molecular complexity index is 983. The molecule has 2 fully saturated rings. The minimum atomic E-state index is -0.267. The van der Waals surface area contributed by atoms with Crippen molar-refractivity contribution in [2.45, 2.75) is 49.5 Å². The van der Waals surface area contributed by atoms with Gasteiger partial charge in [0.1, 0.15) is 0 Å². The number of carbonyl (C=O) groups excluding carboxylic acids is 1. The first kappa shape index (κ1) is 21.9. The van der Waals surface area contributed by atoms with Crippen LogP contribution in [0.2, 0.25) is 0 Å². The zero-order valence-corrected chi connectivity index (χ0v) is 19.3. The maximum absolute atomic E-state index is 13.1. The predicted molar refractivity (Wildman–Crippen MR) is 134 cm³/mol. The number of amides is 1. The number of likely N-dealkylation sites (tertiary alicyclic amines) is 1. The van der Waals surface area contributed by atoms with E-state index in [0.29, 0.717) is 12.0 Å². The summed E-state index contributed by atoms with van der Waals surface area (Å²) in [5.41, 5.74) is 3.69. The second kappa shape index (κ2) is 9.93. The summed E-state index contributed by atoms with van der Waals surface area (Å²) < 4.78 is 0. The fraction of sp³-hybridized carbons (Fsp3) is 0.367. The lowest BCUT2D eigenvalue weighted by Gasteiger charge is -2.34. The van der Waals surface area contributed by atoms with E-state index in [0.717, 1.165) is 51.7 Å². The molecule has 3 heteroatoms.